The molecule has 18 nitrogen and oxygen atoms in total. The van der Waals surface area contributed by atoms with Crippen LogP contribution in [0.3, 0.4) is 0 Å². The molecule has 1 heterocycles. The van der Waals surface area contributed by atoms with Crippen LogP contribution in [0.25, 0.3) is 0 Å². The van der Waals surface area contributed by atoms with E-state index < -0.39 is 24.4 Å². The number of unbranched alkanes of at least 4 members (excludes halogenated alkanes) is 14. The van der Waals surface area contributed by atoms with Gasteiger partial charge in [0, 0.05) is 109 Å². The fourth-order valence-electron chi connectivity index (χ4n) is 11.2. The van der Waals surface area contributed by atoms with Gasteiger partial charge in [-0.1, -0.05) is 179 Å². The molecule has 0 aromatic rings. The smallest absolute Gasteiger partial charge is 0.305 e. The minimum atomic E-state index is -0.566. The Hall–Kier alpha value is -2.27. The van der Waals surface area contributed by atoms with Crippen LogP contribution in [0, 0.1) is 11.8 Å². The highest BCUT2D eigenvalue weighted by molar-refractivity contribution is 8.76. The molecule has 1 saturated heterocycles. The Balaban J connectivity index is 2.49. The quantitative estimate of drug-likeness (QED) is 0.0192. The van der Waals surface area contributed by atoms with Gasteiger partial charge in [0.15, 0.2) is 0 Å². The number of aliphatic hydroxyl groups is 4. The highest BCUT2D eigenvalue weighted by Gasteiger charge is 2.21. The molecule has 536 valence electrons. The number of piperazine rings is 1. The van der Waals surface area contributed by atoms with Crippen LogP contribution < -0.4 is 0 Å². The largest absolute Gasteiger partial charge is 0.466 e. The maximum Gasteiger partial charge on any atom is 0.305 e. The lowest BCUT2D eigenvalue weighted by molar-refractivity contribution is -0.146. The number of nitrogens with zero attached hydrogens (tertiary/aromatic N) is 4. The van der Waals surface area contributed by atoms with Crippen molar-refractivity contribution in [3.05, 3.63) is 0 Å². The first-order chi connectivity index (χ1) is 44.1. The summed E-state index contributed by atoms with van der Waals surface area (Å²) in [6, 6.07) is 0. The highest BCUT2D eigenvalue weighted by atomic mass is 33.1. The summed E-state index contributed by atoms with van der Waals surface area (Å²) in [4.78, 5) is 70.4. The van der Waals surface area contributed by atoms with Gasteiger partial charge in [0.2, 0.25) is 0 Å². The van der Waals surface area contributed by atoms with Crippen molar-refractivity contribution in [1.82, 2.24) is 19.6 Å². The lowest BCUT2D eigenvalue weighted by Gasteiger charge is -2.34. The predicted octanol–water partition coefficient (Wildman–Crippen LogP) is 12.8. The van der Waals surface area contributed by atoms with Crippen LogP contribution in [-0.2, 0) is 47.7 Å². The first kappa shape index (κ1) is 86.7. The zero-order chi connectivity index (χ0) is 66.8. The van der Waals surface area contributed by atoms with Crippen molar-refractivity contribution in [2.45, 2.75) is 291 Å². The Morgan fingerprint density at radius 3 is 1.03 bits per heavy atom. The molecule has 4 atom stereocenters. The third-order valence-corrected chi connectivity index (χ3v) is 20.1. The summed E-state index contributed by atoms with van der Waals surface area (Å²) in [6.07, 6.45) is 25.9. The molecule has 1 aliphatic rings. The van der Waals surface area contributed by atoms with Gasteiger partial charge >= 0.3 is 29.8 Å². The SMILES string of the molecule is CCCCOC(=O)CCCCCCC(O)CN(CCCC(=O)OCCN1CCN(CCSSCCCN(CC(O)CCCCCCC(=O)OCC(CC)CC)CC(O)CCCCCCC(=O)OCC(CC)CC)CC1)CC(O)CCCCCCC(=O)OCCCC. The van der Waals surface area contributed by atoms with E-state index in [9.17, 15) is 44.4 Å². The third kappa shape index (κ3) is 53.6. The monoisotopic (exact) mass is 1330 g/mol. The van der Waals surface area contributed by atoms with E-state index in [0.717, 1.165) is 211 Å². The molecule has 91 heavy (non-hydrogen) atoms. The van der Waals surface area contributed by atoms with Gasteiger partial charge in [-0.3, -0.25) is 43.6 Å². The van der Waals surface area contributed by atoms with E-state index in [4.69, 9.17) is 23.7 Å². The number of carbonyl (C=O) groups is 5. The Labute approximate surface area is 562 Å². The Morgan fingerprint density at radius 2 is 0.670 bits per heavy atom. The van der Waals surface area contributed by atoms with Crippen molar-refractivity contribution in [2.24, 2.45) is 11.8 Å². The van der Waals surface area contributed by atoms with E-state index in [-0.39, 0.29) is 36.3 Å². The van der Waals surface area contributed by atoms with Gasteiger partial charge in [-0.25, -0.2) is 0 Å². The molecule has 1 rings (SSSR count). The summed E-state index contributed by atoms with van der Waals surface area (Å²) in [5, 5.41) is 44.4. The van der Waals surface area contributed by atoms with E-state index in [1.807, 2.05) is 21.6 Å². The Bertz CT molecular complexity index is 1640. The van der Waals surface area contributed by atoms with Crippen molar-refractivity contribution in [1.29, 1.82) is 0 Å². The van der Waals surface area contributed by atoms with Crippen molar-refractivity contribution >= 4 is 51.4 Å². The molecule has 20 heteroatoms. The van der Waals surface area contributed by atoms with Crippen LogP contribution in [0.1, 0.15) is 266 Å². The van der Waals surface area contributed by atoms with Gasteiger partial charge in [0.25, 0.3) is 0 Å². The predicted molar refractivity (Wildman–Crippen MR) is 372 cm³/mol. The summed E-state index contributed by atoms with van der Waals surface area (Å²) in [5.74, 6) is 2.14. The molecule has 0 amide bonds. The van der Waals surface area contributed by atoms with Crippen LogP contribution >= 0.6 is 21.6 Å². The lowest BCUT2D eigenvalue weighted by atomic mass is 10.1. The zero-order valence-electron chi connectivity index (χ0n) is 58.6. The van der Waals surface area contributed by atoms with Gasteiger partial charge in [0.1, 0.15) is 6.61 Å². The fraction of sp³-hybridized carbons (Fsp3) is 0.930. The third-order valence-electron chi connectivity index (χ3n) is 17.6. The van der Waals surface area contributed by atoms with Gasteiger partial charge < -0.3 is 44.1 Å². The first-order valence-corrected chi connectivity index (χ1v) is 39.3. The molecule has 0 spiro atoms. The molecule has 0 aliphatic carbocycles. The van der Waals surface area contributed by atoms with Crippen molar-refractivity contribution in [2.75, 3.05) is 123 Å². The Morgan fingerprint density at radius 1 is 0.363 bits per heavy atom. The average molecular weight is 1330 g/mol. The zero-order valence-corrected chi connectivity index (χ0v) is 60.3. The second-order valence-corrected chi connectivity index (χ2v) is 28.5. The minimum absolute atomic E-state index is 0.112. The molecular weight excluding hydrogens is 1200 g/mol. The molecule has 1 fully saturated rings. The normalized spacial score (nSPS) is 14.5. The highest BCUT2D eigenvalue weighted by Crippen LogP contribution is 2.23. The summed E-state index contributed by atoms with van der Waals surface area (Å²) >= 11 is 0. The van der Waals surface area contributed by atoms with Crippen LogP contribution in [0.4, 0.5) is 0 Å². The van der Waals surface area contributed by atoms with Crippen molar-refractivity contribution < 1.29 is 68.1 Å². The maximum absolute atomic E-state index is 12.9. The second-order valence-electron chi connectivity index (χ2n) is 25.8. The van der Waals surface area contributed by atoms with Crippen LogP contribution in [0.2, 0.25) is 0 Å². The Kier molecular flexibility index (Phi) is 58.5. The summed E-state index contributed by atoms with van der Waals surface area (Å²) in [6.45, 7) is 23.7. The molecular formula is C71H136N4O14S2. The number of hydrogen-bond donors (Lipinski definition) is 4. The van der Waals surface area contributed by atoms with Crippen LogP contribution in [-0.4, -0.2) is 217 Å². The molecule has 0 bridgehead atoms. The molecule has 0 radical (unpaired) electrons. The molecule has 0 aromatic heterocycles. The topological polar surface area (TPSA) is 225 Å². The fourth-order valence-corrected chi connectivity index (χ4v) is 13.3. The molecule has 4 N–H and O–H groups in total. The molecule has 0 saturated carbocycles. The summed E-state index contributed by atoms with van der Waals surface area (Å²) in [7, 11) is 3.79. The van der Waals surface area contributed by atoms with Crippen molar-refractivity contribution in [3.8, 4) is 0 Å². The maximum atomic E-state index is 12.9. The van der Waals surface area contributed by atoms with Gasteiger partial charge in [-0.05, 0) is 102 Å². The van der Waals surface area contributed by atoms with Crippen molar-refractivity contribution in [3.63, 3.8) is 0 Å². The van der Waals surface area contributed by atoms with E-state index >= 15 is 0 Å². The summed E-state index contributed by atoms with van der Waals surface area (Å²) < 4.78 is 27.2. The number of ether oxygens (including phenoxy) is 5. The number of hydrogen-bond acceptors (Lipinski definition) is 20. The summed E-state index contributed by atoms with van der Waals surface area (Å²) in [5.41, 5.74) is 0. The average Bonchev–Trinajstić information content (AvgIpc) is 3.74. The molecule has 4 unspecified atom stereocenters. The second kappa shape index (κ2) is 61.3. The van der Waals surface area contributed by atoms with Crippen LogP contribution in [0.5, 0.6) is 0 Å². The minimum Gasteiger partial charge on any atom is -0.466 e. The van der Waals surface area contributed by atoms with Gasteiger partial charge in [0.05, 0.1) is 50.8 Å². The van der Waals surface area contributed by atoms with Crippen LogP contribution in [0.15, 0.2) is 0 Å². The molecule has 0 aromatic carbocycles. The molecule has 1 aliphatic heterocycles. The number of esters is 5. The van der Waals surface area contributed by atoms with Gasteiger partial charge in [-0.2, -0.15) is 0 Å². The van der Waals surface area contributed by atoms with E-state index in [0.29, 0.717) is 142 Å². The number of rotatable bonds is 65. The number of carbonyl (C=O) groups excluding carboxylic acids is 5. The lowest BCUT2D eigenvalue weighted by Crippen LogP contribution is -2.47. The number of aliphatic hydroxyl groups excluding tert-OH is 4. The van der Waals surface area contributed by atoms with Gasteiger partial charge in [-0.15, -0.1) is 0 Å². The van der Waals surface area contributed by atoms with E-state index in [2.05, 4.69) is 61.1 Å². The van der Waals surface area contributed by atoms with E-state index in [1.54, 1.807) is 0 Å². The standard InChI is InChI=1S/C71H136N4O14S2/c1-7-13-50-85-67(80)37-27-19-15-23-33-63(76)55-74(56-64(77)34-24-16-20-28-38-68(81)86-51-14-8-2)42-31-41-69(82)87-52-48-72-44-46-73(47-45-72)49-54-91-90-53-32-43-75(57-65(78)35-25-17-21-29-39-70(83)88-59-61(9-3)10-4)58-66(79)36-26-18-22-30-40-71(84)89-60-62(11-5)12-6/h61-66,76-79H,7-60H2,1-6H3. The first-order valence-electron chi connectivity index (χ1n) is 36.8. The van der Waals surface area contributed by atoms with E-state index in [1.165, 1.54) is 0 Å².